The zero-order chi connectivity index (χ0) is 76.5. The van der Waals surface area contributed by atoms with Gasteiger partial charge in [0.05, 0.1) is 72.1 Å². The van der Waals surface area contributed by atoms with Crippen molar-refractivity contribution in [3.63, 3.8) is 0 Å². The van der Waals surface area contributed by atoms with Crippen LogP contribution in [0.3, 0.4) is 0 Å². The predicted octanol–water partition coefficient (Wildman–Crippen LogP) is 10.8. The average molecular weight is 1530 g/mol. The Morgan fingerprint density at radius 1 is 0.873 bits per heavy atom. The zero-order valence-electron chi connectivity index (χ0n) is 58.5. The lowest BCUT2D eigenvalue weighted by molar-refractivity contribution is -0.151. The molecule has 36 heteroatoms. The van der Waals surface area contributed by atoms with Crippen molar-refractivity contribution < 1.29 is 96.0 Å². The number of pyridine rings is 1. The molecular formula is C66H85ClF3N9O19S4. The van der Waals surface area contributed by atoms with Crippen LogP contribution in [0.5, 0.6) is 17.5 Å². The molecule has 0 saturated heterocycles. The number of Topliss-reactive ketones (excluding diaryl/α,β-unsaturated/α-hetero) is 1. The third-order valence-corrected chi connectivity index (χ3v) is 19.1. The fourth-order valence-electron chi connectivity index (χ4n) is 9.90. The summed E-state index contributed by atoms with van der Waals surface area (Å²) in [4.78, 5) is 88.9. The Hall–Kier alpha value is -8.64. The number of amides is 2. The molecule has 7 rings (SSSR count). The number of anilines is 1. The highest BCUT2D eigenvalue weighted by Crippen LogP contribution is 2.35. The van der Waals surface area contributed by atoms with Gasteiger partial charge in [-0.25, -0.2) is 49.1 Å². The van der Waals surface area contributed by atoms with E-state index in [9.17, 15) is 72.3 Å². The van der Waals surface area contributed by atoms with Crippen LogP contribution in [-0.4, -0.2) is 155 Å². The number of rotatable bonds is 29. The van der Waals surface area contributed by atoms with Crippen molar-refractivity contribution in [2.75, 3.05) is 58.1 Å². The monoisotopic (exact) mass is 1530 g/mol. The Morgan fingerprint density at radius 2 is 1.54 bits per heavy atom. The summed E-state index contributed by atoms with van der Waals surface area (Å²) < 4.78 is 141. The van der Waals surface area contributed by atoms with Crippen LogP contribution < -0.4 is 34.5 Å². The molecule has 28 nitrogen and oxygen atoms in total. The summed E-state index contributed by atoms with van der Waals surface area (Å²) in [6.07, 6.45) is 6.25. The topological polar surface area (TPSA) is 388 Å². The summed E-state index contributed by atoms with van der Waals surface area (Å²) in [6, 6.07) is 12.5. The Bertz CT molecular complexity index is 4400. The first-order valence-corrected chi connectivity index (χ1v) is 38.4. The van der Waals surface area contributed by atoms with Gasteiger partial charge in [-0.3, -0.25) is 34.5 Å². The van der Waals surface area contributed by atoms with Crippen molar-refractivity contribution in [3.8, 4) is 17.5 Å². The zero-order valence-corrected chi connectivity index (χ0v) is 62.6. The fourth-order valence-corrected chi connectivity index (χ4v) is 13.6. The highest BCUT2D eigenvalue weighted by Gasteiger charge is 2.35. The molecule has 3 heterocycles. The molecule has 5 N–H and O–H groups in total. The lowest BCUT2D eigenvalue weighted by Gasteiger charge is -2.25. The molecule has 2 amide bonds. The van der Waals surface area contributed by atoms with Crippen LogP contribution in [0.15, 0.2) is 104 Å². The maximum Gasteiger partial charge on any atom is 0.416 e. The van der Waals surface area contributed by atoms with Crippen LogP contribution >= 0.6 is 23.4 Å². The van der Waals surface area contributed by atoms with Gasteiger partial charge >= 0.3 is 24.1 Å². The molecule has 0 bridgehead atoms. The highest BCUT2D eigenvalue weighted by molar-refractivity contribution is 7.99. The number of carbonyl (C=O) groups is 5. The number of benzene rings is 3. The lowest BCUT2D eigenvalue weighted by Crippen LogP contribution is -2.35. The second-order valence-corrected chi connectivity index (χ2v) is 30.4. The minimum Gasteiger partial charge on any atom is -0.511 e. The number of sulfonamides is 2. The van der Waals surface area contributed by atoms with Crippen molar-refractivity contribution in [2.24, 2.45) is 18.1 Å². The molecule has 0 fully saturated rings. The Balaban J connectivity index is 0.000000292. The van der Waals surface area contributed by atoms with Gasteiger partial charge in [0, 0.05) is 60.8 Å². The van der Waals surface area contributed by atoms with E-state index in [1.807, 2.05) is 44.7 Å². The second kappa shape index (κ2) is 39.7. The molecule has 0 saturated carbocycles. The molecule has 3 atom stereocenters. The maximum atomic E-state index is 12.9. The molecule has 6 aromatic rings. The van der Waals surface area contributed by atoms with E-state index >= 15 is 0 Å². The van der Waals surface area contributed by atoms with E-state index in [4.69, 9.17) is 35.4 Å². The van der Waals surface area contributed by atoms with E-state index < -0.39 is 80.3 Å². The van der Waals surface area contributed by atoms with Gasteiger partial charge in [-0.2, -0.15) is 34.9 Å². The molecule has 3 unspecified atom stereocenters. The average Bonchev–Trinajstić information content (AvgIpc) is 1.37. The van der Waals surface area contributed by atoms with Gasteiger partial charge in [-0.15, -0.1) is 0 Å². The number of aromatic nitrogens is 5. The number of ether oxygens (including phenoxy) is 5. The number of aliphatic hydroxyl groups is 1. The van der Waals surface area contributed by atoms with Gasteiger partial charge in [0.1, 0.15) is 34.1 Å². The molecule has 1 aliphatic carbocycles. The highest BCUT2D eigenvalue weighted by atomic mass is 35.5. The molecular weight excluding hydrogens is 1440 g/mol. The number of carbonyl (C=O) groups excluding carboxylic acids is 5. The van der Waals surface area contributed by atoms with E-state index in [0.717, 1.165) is 85.9 Å². The third-order valence-electron chi connectivity index (χ3n) is 14.5. The van der Waals surface area contributed by atoms with Gasteiger partial charge in [-0.1, -0.05) is 69.8 Å². The van der Waals surface area contributed by atoms with Crippen LogP contribution in [-0.2, 0) is 73.6 Å². The first kappa shape index (κ1) is 85.8. The number of alkyl halides is 3. The number of nitrogens with one attached hydrogen (secondary N) is 4. The number of urea groups is 1. The number of H-pyrrole nitrogens is 1. The van der Waals surface area contributed by atoms with E-state index in [0.29, 0.717) is 77.1 Å². The minimum atomic E-state index is -4.76. The molecule has 0 radical (unpaired) electrons. The summed E-state index contributed by atoms with van der Waals surface area (Å²) in [5, 5.41) is 21.0. The summed E-state index contributed by atoms with van der Waals surface area (Å²) in [5.41, 5.74) is -1.03. The SMILES string of the molecule is CCC/C(=N\OCC)C1=C(O)CC(CC(C)SCC)CC1=O.CCCCCC(C)OC(=O)COc1ccc(Cl)c2cccnc12.COC(=O)c1ccc(CNS(C)(=O)=O)cc1S(=O)(=O)NC(=O)Nc1nc(OC)cc(OC)n1.Cc1[nH]n(C)c(=O)c1C(=O)c1ccc(C(F)(F)F)cc1S(C)(=O)=O. The van der Waals surface area contributed by atoms with Gasteiger partial charge in [0.2, 0.25) is 33.5 Å². The number of unbranched alkanes of at least 4 members (excludes halogenated alkanes) is 2. The molecule has 560 valence electrons. The van der Waals surface area contributed by atoms with Crippen molar-refractivity contribution >= 4 is 105 Å². The maximum absolute atomic E-state index is 12.9. The van der Waals surface area contributed by atoms with Crippen molar-refractivity contribution in [1.82, 2.24) is 34.2 Å². The van der Waals surface area contributed by atoms with Crippen LogP contribution in [0.2, 0.25) is 5.02 Å². The number of hydrogen-bond acceptors (Lipinski definition) is 24. The first-order valence-electron chi connectivity index (χ1n) is 31.7. The van der Waals surface area contributed by atoms with Crippen LogP contribution in [0.25, 0.3) is 10.9 Å². The molecule has 1 aliphatic rings. The lowest BCUT2D eigenvalue weighted by atomic mass is 9.82. The minimum absolute atomic E-state index is 0.00866. The van der Waals surface area contributed by atoms with Gasteiger partial charge in [0.15, 0.2) is 22.2 Å². The number of fused-ring (bicyclic) bond motifs is 1. The normalized spacial score (nSPS) is 13.9. The number of halogens is 4. The third kappa shape index (κ3) is 26.3. The number of aromatic amines is 1. The van der Waals surface area contributed by atoms with Crippen molar-refractivity contribution in [3.05, 3.63) is 133 Å². The molecule has 0 aliphatic heterocycles. The Morgan fingerprint density at radius 3 is 2.10 bits per heavy atom. The standard InChI is InChI=1S/C18H22ClNO3.C17H21N5O9S2.C17H29NO3S.C14H13F3N2O4S/c1-3-4-5-7-13(2)23-17(21)12-22-16-10-9-15(19)14-8-6-11-20-18(14)16;1-29-13-8-14(30-2)20-16(19-13)21-17(24)22-33(27,28)12-7-10(9-18-32(4,25)26)5-6-11(12)15(23)31-3;1-5-8-14(18-21-6-2)17-15(19)10-13(11-16(17)20)9-12(4)22-7-3;1-7-11(13(21)19(2)18-7)12(20)9-5-4-8(14(15,16)17)6-10(9)24(3,22)23/h6,8-11,13H,3-5,7,12H2,1-2H3;5-8,18H,9H2,1-4H3,(H2,19,20,21,22,24);12-13,19H,5-11H2,1-4H3;4-6,18H,1-3H3/b;;18-14+;. The van der Waals surface area contributed by atoms with Crippen LogP contribution in [0.4, 0.5) is 23.9 Å². The summed E-state index contributed by atoms with van der Waals surface area (Å²) >= 11 is 8.03. The van der Waals surface area contributed by atoms with Crippen molar-refractivity contribution in [2.45, 2.75) is 140 Å². The molecule has 0 spiro atoms. The molecule has 102 heavy (non-hydrogen) atoms. The summed E-state index contributed by atoms with van der Waals surface area (Å²) in [5.74, 6) is -0.500. The number of esters is 2. The molecule has 3 aromatic heterocycles. The van der Waals surface area contributed by atoms with Gasteiger partial charge in [-0.05, 0) is 118 Å². The van der Waals surface area contributed by atoms with E-state index in [-0.39, 0.29) is 82.8 Å². The number of aliphatic hydroxyl groups excluding tert-OH is 1. The number of thioether (sulfide) groups is 1. The largest absolute Gasteiger partial charge is 0.511 e. The van der Waals surface area contributed by atoms with Crippen LogP contribution in [0.1, 0.15) is 142 Å². The number of oxime groups is 1. The van der Waals surface area contributed by atoms with E-state index in [1.54, 1.807) is 23.1 Å². The summed E-state index contributed by atoms with van der Waals surface area (Å²) in [6.45, 7) is 13.8. The van der Waals surface area contributed by atoms with E-state index in [1.165, 1.54) is 40.3 Å². The number of methoxy groups -OCH3 is 3. The Kier molecular flexibility index (Phi) is 33.4. The van der Waals surface area contributed by atoms with Gasteiger partial charge in [0.25, 0.3) is 15.6 Å². The molecule has 3 aromatic carbocycles. The first-order chi connectivity index (χ1) is 47.9. The van der Waals surface area contributed by atoms with Crippen molar-refractivity contribution in [1.29, 1.82) is 0 Å². The smallest absolute Gasteiger partial charge is 0.416 e. The number of allylic oxidation sites excluding steroid dienone is 2. The second-order valence-electron chi connectivity index (χ2n) is 22.8. The number of sulfone groups is 1. The number of hydrogen-bond donors (Lipinski definition) is 5. The van der Waals surface area contributed by atoms with E-state index in [2.05, 4.69) is 60.8 Å². The number of aryl methyl sites for hydroxylation is 2. The quantitative estimate of drug-likeness (QED) is 0.00957. The van der Waals surface area contributed by atoms with Gasteiger partial charge < -0.3 is 33.6 Å². The summed E-state index contributed by atoms with van der Waals surface area (Å²) in [7, 11) is -7.30. The fraction of sp³-hybridized carbons (Fsp3) is 0.455. The Labute approximate surface area is 599 Å². The predicted molar refractivity (Wildman–Crippen MR) is 378 cm³/mol. The number of ketones is 2. The van der Waals surface area contributed by atoms with Crippen LogP contribution in [0, 0.1) is 12.8 Å². The number of nitrogens with zero attached hydrogens (tertiary/aromatic N) is 5.